The Labute approximate surface area is 138 Å². The summed E-state index contributed by atoms with van der Waals surface area (Å²) in [6.07, 6.45) is 1.41. The van der Waals surface area contributed by atoms with Crippen molar-refractivity contribution in [3.05, 3.63) is 41.2 Å². The summed E-state index contributed by atoms with van der Waals surface area (Å²) in [4.78, 5) is 24.6. The number of benzene rings is 1. The summed E-state index contributed by atoms with van der Waals surface area (Å²) in [7, 11) is 0. The van der Waals surface area contributed by atoms with Crippen LogP contribution in [0.4, 0.5) is 4.79 Å². The number of nitrogens with one attached hydrogen (secondary N) is 1. The van der Waals surface area contributed by atoms with E-state index in [9.17, 15) is 14.7 Å². The van der Waals surface area contributed by atoms with Crippen molar-refractivity contribution in [3.63, 3.8) is 0 Å². The minimum Gasteiger partial charge on any atom is -0.504 e. The standard InChI is InChI=1S/C16H19N5O3/c1-9-4-3-5-12(10(9)2)21-8-13(22)14(19-21)15(23)18-11-6-20(7-11)16(17)24/h3-5,8,11,22H,6-7H2,1-2H3,(H2,17,24)(H,18,23). The molecule has 126 valence electrons. The van der Waals surface area contributed by atoms with Gasteiger partial charge in [-0.15, -0.1) is 0 Å². The molecule has 0 radical (unpaired) electrons. The third kappa shape index (κ3) is 2.78. The number of rotatable bonds is 3. The molecule has 1 aliphatic heterocycles. The number of amides is 3. The number of likely N-dealkylation sites (tertiary alicyclic amines) is 1. The van der Waals surface area contributed by atoms with E-state index in [1.165, 1.54) is 15.8 Å². The number of hydrogen-bond acceptors (Lipinski definition) is 4. The largest absolute Gasteiger partial charge is 0.504 e. The minimum atomic E-state index is -0.512. The molecule has 0 unspecified atom stereocenters. The molecular formula is C16H19N5O3. The average Bonchev–Trinajstić information content (AvgIpc) is 2.86. The fraction of sp³-hybridized carbons (Fsp3) is 0.312. The van der Waals surface area contributed by atoms with Crippen molar-refractivity contribution in [1.29, 1.82) is 0 Å². The van der Waals surface area contributed by atoms with Crippen molar-refractivity contribution in [2.45, 2.75) is 19.9 Å². The Hall–Kier alpha value is -3.03. The van der Waals surface area contributed by atoms with Crippen LogP contribution in [0.15, 0.2) is 24.4 Å². The highest BCUT2D eigenvalue weighted by Gasteiger charge is 2.31. The number of aromatic hydroxyl groups is 1. The van der Waals surface area contributed by atoms with Gasteiger partial charge >= 0.3 is 6.03 Å². The molecule has 1 fully saturated rings. The van der Waals surface area contributed by atoms with Crippen LogP contribution in [0.25, 0.3) is 5.69 Å². The fourth-order valence-electron chi connectivity index (χ4n) is 2.64. The predicted molar refractivity (Wildman–Crippen MR) is 87.1 cm³/mol. The van der Waals surface area contributed by atoms with Crippen LogP contribution in [0.5, 0.6) is 5.75 Å². The molecule has 0 aliphatic carbocycles. The Morgan fingerprint density at radius 1 is 1.33 bits per heavy atom. The van der Waals surface area contributed by atoms with Gasteiger partial charge in [-0.3, -0.25) is 4.79 Å². The highest BCUT2D eigenvalue weighted by Crippen LogP contribution is 2.22. The first-order chi connectivity index (χ1) is 11.4. The number of nitrogens with zero attached hydrogens (tertiary/aromatic N) is 3. The molecule has 8 nitrogen and oxygen atoms in total. The molecule has 24 heavy (non-hydrogen) atoms. The number of primary amides is 1. The van der Waals surface area contributed by atoms with Gasteiger partial charge in [0.2, 0.25) is 0 Å². The van der Waals surface area contributed by atoms with E-state index in [-0.39, 0.29) is 17.5 Å². The molecule has 3 amide bonds. The second-order valence-electron chi connectivity index (χ2n) is 5.94. The average molecular weight is 329 g/mol. The van der Waals surface area contributed by atoms with Gasteiger partial charge < -0.3 is 21.1 Å². The highest BCUT2D eigenvalue weighted by atomic mass is 16.3. The van der Waals surface area contributed by atoms with Gasteiger partial charge in [0.15, 0.2) is 11.4 Å². The van der Waals surface area contributed by atoms with Crippen LogP contribution in [0.3, 0.4) is 0 Å². The zero-order valence-electron chi connectivity index (χ0n) is 13.5. The summed E-state index contributed by atoms with van der Waals surface area (Å²) in [6.45, 7) is 4.66. The van der Waals surface area contributed by atoms with Crippen LogP contribution >= 0.6 is 0 Å². The van der Waals surface area contributed by atoms with E-state index in [1.807, 2.05) is 32.0 Å². The number of nitrogens with two attached hydrogens (primary N) is 1. The van der Waals surface area contributed by atoms with Crippen molar-refractivity contribution >= 4 is 11.9 Å². The highest BCUT2D eigenvalue weighted by molar-refractivity contribution is 5.95. The van der Waals surface area contributed by atoms with E-state index < -0.39 is 11.9 Å². The van der Waals surface area contributed by atoms with Gasteiger partial charge in [-0.25, -0.2) is 9.48 Å². The number of carbonyl (C=O) groups excluding carboxylic acids is 2. The molecule has 1 aromatic carbocycles. The summed E-state index contributed by atoms with van der Waals surface area (Å²) >= 11 is 0. The summed E-state index contributed by atoms with van der Waals surface area (Å²) in [6, 6.07) is 5.05. The Morgan fingerprint density at radius 3 is 2.71 bits per heavy atom. The Bertz CT molecular complexity index is 808. The van der Waals surface area contributed by atoms with Gasteiger partial charge in [-0.2, -0.15) is 5.10 Å². The lowest BCUT2D eigenvalue weighted by Gasteiger charge is -2.38. The lowest BCUT2D eigenvalue weighted by Crippen LogP contribution is -2.62. The normalized spacial score (nSPS) is 14.3. The first-order valence-corrected chi connectivity index (χ1v) is 7.57. The molecule has 0 atom stereocenters. The van der Waals surface area contributed by atoms with Gasteiger partial charge in [-0.05, 0) is 31.0 Å². The topological polar surface area (TPSA) is 113 Å². The molecule has 0 bridgehead atoms. The van der Waals surface area contributed by atoms with Crippen LogP contribution in [-0.2, 0) is 0 Å². The molecule has 1 aliphatic rings. The van der Waals surface area contributed by atoms with Crippen LogP contribution in [0, 0.1) is 13.8 Å². The van der Waals surface area contributed by atoms with Crippen molar-refractivity contribution < 1.29 is 14.7 Å². The summed E-state index contributed by atoms with van der Waals surface area (Å²) < 4.78 is 1.49. The zero-order valence-corrected chi connectivity index (χ0v) is 13.5. The smallest absolute Gasteiger partial charge is 0.314 e. The quantitative estimate of drug-likeness (QED) is 0.768. The molecular weight excluding hydrogens is 310 g/mol. The Morgan fingerprint density at radius 2 is 2.04 bits per heavy atom. The molecule has 0 spiro atoms. The van der Waals surface area contributed by atoms with E-state index in [4.69, 9.17) is 5.73 Å². The molecule has 4 N–H and O–H groups in total. The second kappa shape index (κ2) is 5.88. The summed E-state index contributed by atoms with van der Waals surface area (Å²) in [5, 5.41) is 17.0. The van der Waals surface area contributed by atoms with Crippen LogP contribution in [-0.4, -0.2) is 50.9 Å². The number of carbonyl (C=O) groups is 2. The van der Waals surface area contributed by atoms with Gasteiger partial charge in [0.25, 0.3) is 5.91 Å². The monoisotopic (exact) mass is 329 g/mol. The maximum absolute atomic E-state index is 12.3. The van der Waals surface area contributed by atoms with Gasteiger partial charge in [0, 0.05) is 13.1 Å². The van der Waals surface area contributed by atoms with Crippen LogP contribution in [0.1, 0.15) is 21.6 Å². The van der Waals surface area contributed by atoms with Gasteiger partial charge in [0.1, 0.15) is 0 Å². The number of aryl methyl sites for hydroxylation is 1. The van der Waals surface area contributed by atoms with E-state index in [1.54, 1.807) is 0 Å². The van der Waals surface area contributed by atoms with E-state index in [2.05, 4.69) is 10.4 Å². The number of urea groups is 1. The molecule has 0 saturated carbocycles. The van der Waals surface area contributed by atoms with E-state index >= 15 is 0 Å². The lowest BCUT2D eigenvalue weighted by molar-refractivity contribution is 0.0853. The van der Waals surface area contributed by atoms with Crippen molar-refractivity contribution in [2.75, 3.05) is 13.1 Å². The molecule has 3 rings (SSSR count). The van der Waals surface area contributed by atoms with Crippen LogP contribution in [0.2, 0.25) is 0 Å². The Balaban J connectivity index is 1.76. The van der Waals surface area contributed by atoms with E-state index in [0.717, 1.165) is 16.8 Å². The summed E-state index contributed by atoms with van der Waals surface area (Å²) in [5.74, 6) is -0.676. The zero-order chi connectivity index (χ0) is 17.4. The second-order valence-corrected chi connectivity index (χ2v) is 5.94. The van der Waals surface area contributed by atoms with Crippen molar-refractivity contribution in [2.24, 2.45) is 5.73 Å². The van der Waals surface area contributed by atoms with Crippen LogP contribution < -0.4 is 11.1 Å². The van der Waals surface area contributed by atoms with Gasteiger partial charge in [0.05, 0.1) is 17.9 Å². The maximum Gasteiger partial charge on any atom is 0.314 e. The SMILES string of the molecule is Cc1cccc(-n2cc(O)c(C(=O)NC3CN(C(N)=O)C3)n2)c1C. The van der Waals surface area contributed by atoms with Crippen molar-refractivity contribution in [1.82, 2.24) is 20.0 Å². The predicted octanol–water partition coefficient (Wildman–Crippen LogP) is 0.687. The molecule has 1 aromatic heterocycles. The molecule has 1 saturated heterocycles. The number of hydrogen-bond donors (Lipinski definition) is 3. The first-order valence-electron chi connectivity index (χ1n) is 7.57. The minimum absolute atomic E-state index is 0.0477. The number of aromatic nitrogens is 2. The fourth-order valence-corrected chi connectivity index (χ4v) is 2.64. The van der Waals surface area contributed by atoms with Crippen molar-refractivity contribution in [3.8, 4) is 11.4 Å². The lowest BCUT2D eigenvalue weighted by atomic mass is 10.1. The summed E-state index contributed by atoms with van der Waals surface area (Å²) in [5.41, 5.74) is 8.00. The van der Waals surface area contributed by atoms with E-state index in [0.29, 0.717) is 13.1 Å². The first kappa shape index (κ1) is 15.9. The van der Waals surface area contributed by atoms with Gasteiger partial charge in [-0.1, -0.05) is 12.1 Å². The molecule has 2 heterocycles. The molecule has 8 heteroatoms. The third-order valence-electron chi connectivity index (χ3n) is 4.26. The Kier molecular flexibility index (Phi) is 3.88. The third-order valence-corrected chi connectivity index (χ3v) is 4.26. The molecule has 2 aromatic rings. The maximum atomic E-state index is 12.3.